The van der Waals surface area contributed by atoms with E-state index in [4.69, 9.17) is 4.74 Å². The highest BCUT2D eigenvalue weighted by molar-refractivity contribution is 5.92. The Balaban J connectivity index is 1.74. The molecule has 3 N–H and O–H groups in total. The fraction of sp³-hybridized carbons (Fsp3) is 0.250. The molecule has 0 radical (unpaired) electrons. The molecule has 1 amide bonds. The Kier molecular flexibility index (Phi) is 7.88. The molecule has 3 aromatic rings. The minimum absolute atomic E-state index is 0.0119. The van der Waals surface area contributed by atoms with Crippen LogP contribution in [-0.2, 0) is 16.0 Å². The molecular formula is C24H25N3O5. The maximum Gasteiger partial charge on any atom is 0.335 e. The van der Waals surface area contributed by atoms with Crippen LogP contribution < -0.4 is 5.32 Å². The predicted molar refractivity (Wildman–Crippen MR) is 118 cm³/mol. The molecule has 0 spiro atoms. The number of aromatic nitrogens is 2. The van der Waals surface area contributed by atoms with Crippen molar-refractivity contribution in [2.75, 3.05) is 6.61 Å². The summed E-state index contributed by atoms with van der Waals surface area (Å²) in [5, 5.41) is 29.4. The van der Waals surface area contributed by atoms with Crippen LogP contribution in [0, 0.1) is 0 Å². The smallest absolute Gasteiger partial charge is 0.335 e. The van der Waals surface area contributed by atoms with E-state index in [-0.39, 0.29) is 24.6 Å². The maximum absolute atomic E-state index is 12.6. The van der Waals surface area contributed by atoms with Gasteiger partial charge in [-0.15, -0.1) is 10.2 Å². The monoisotopic (exact) mass is 435 g/mol. The average molecular weight is 435 g/mol. The summed E-state index contributed by atoms with van der Waals surface area (Å²) in [7, 11) is 0. The Hall–Kier alpha value is -3.78. The van der Waals surface area contributed by atoms with Crippen LogP contribution in [0.4, 0.5) is 0 Å². The minimum atomic E-state index is -1.38. The number of hydrogen-bond acceptors (Lipinski definition) is 7. The lowest BCUT2D eigenvalue weighted by atomic mass is 9.97. The molecule has 0 aliphatic heterocycles. The third-order valence-electron chi connectivity index (χ3n) is 4.83. The average Bonchev–Trinajstić information content (AvgIpc) is 2.80. The molecule has 1 heterocycles. The molecule has 0 bridgehead atoms. The van der Waals surface area contributed by atoms with Crippen molar-refractivity contribution in [1.29, 1.82) is 0 Å². The summed E-state index contributed by atoms with van der Waals surface area (Å²) in [6.45, 7) is 1.80. The number of aliphatic hydroxyl groups excluding tert-OH is 1. The predicted octanol–water partition coefficient (Wildman–Crippen LogP) is 2.50. The number of carbonyl (C=O) groups excluding carboxylic acids is 2. The van der Waals surface area contributed by atoms with Gasteiger partial charge in [-0.3, -0.25) is 4.79 Å². The first-order valence-corrected chi connectivity index (χ1v) is 10.3. The van der Waals surface area contributed by atoms with Crippen molar-refractivity contribution in [2.24, 2.45) is 0 Å². The van der Waals surface area contributed by atoms with Crippen molar-refractivity contribution in [3.63, 3.8) is 0 Å². The van der Waals surface area contributed by atoms with Crippen LogP contribution in [-0.4, -0.2) is 51.0 Å². The van der Waals surface area contributed by atoms with Gasteiger partial charge in [-0.1, -0.05) is 54.6 Å². The zero-order valence-corrected chi connectivity index (χ0v) is 17.6. The maximum atomic E-state index is 12.6. The topological polar surface area (TPSA) is 122 Å². The van der Waals surface area contributed by atoms with Crippen molar-refractivity contribution >= 4 is 11.9 Å². The Morgan fingerprint density at radius 1 is 0.969 bits per heavy atom. The standard InChI is InChI=1S/C24H25N3O5/c1-2-32-24(31)21(28)15-19(25-23(30)20-12-13-22(29)27-26-20)14-16-8-10-18(11-9-16)17-6-4-3-5-7-17/h3-13,19,21,28H,2,14-15H2,1H3,(H,25,30)(H,27,29)/t19?,21-/m1/s1. The molecule has 8 nitrogen and oxygen atoms in total. The Morgan fingerprint density at radius 2 is 1.66 bits per heavy atom. The highest BCUT2D eigenvalue weighted by Crippen LogP contribution is 2.20. The van der Waals surface area contributed by atoms with E-state index < -0.39 is 24.0 Å². The summed E-state index contributed by atoms with van der Waals surface area (Å²) in [5.41, 5.74) is 3.08. The lowest BCUT2D eigenvalue weighted by molar-refractivity contribution is -0.153. The molecule has 8 heteroatoms. The lowest BCUT2D eigenvalue weighted by Gasteiger charge is -2.21. The van der Waals surface area contributed by atoms with Gasteiger partial charge in [0.2, 0.25) is 5.88 Å². The van der Waals surface area contributed by atoms with Gasteiger partial charge < -0.3 is 20.3 Å². The quantitative estimate of drug-likeness (QED) is 0.442. The number of ether oxygens (including phenoxy) is 1. The van der Waals surface area contributed by atoms with Crippen LogP contribution in [0.15, 0.2) is 66.7 Å². The van der Waals surface area contributed by atoms with Gasteiger partial charge >= 0.3 is 5.97 Å². The van der Waals surface area contributed by atoms with Crippen LogP contribution in [0.5, 0.6) is 5.88 Å². The number of rotatable bonds is 9. The molecular weight excluding hydrogens is 410 g/mol. The number of benzene rings is 2. The zero-order chi connectivity index (χ0) is 22.9. The summed E-state index contributed by atoms with van der Waals surface area (Å²) in [5.74, 6) is -1.57. The van der Waals surface area contributed by atoms with Gasteiger partial charge in [0.25, 0.3) is 5.91 Å². The second kappa shape index (κ2) is 11.0. The fourth-order valence-electron chi connectivity index (χ4n) is 3.25. The van der Waals surface area contributed by atoms with E-state index in [0.29, 0.717) is 6.42 Å². The van der Waals surface area contributed by atoms with E-state index in [2.05, 4.69) is 15.5 Å². The molecule has 3 rings (SSSR count). The van der Waals surface area contributed by atoms with Crippen LogP contribution in [0.3, 0.4) is 0 Å². The summed E-state index contributed by atoms with van der Waals surface area (Å²) >= 11 is 0. The van der Waals surface area contributed by atoms with E-state index in [1.54, 1.807) is 6.92 Å². The molecule has 0 aliphatic rings. The normalized spacial score (nSPS) is 12.6. The fourth-order valence-corrected chi connectivity index (χ4v) is 3.25. The van der Waals surface area contributed by atoms with Gasteiger partial charge in [0, 0.05) is 18.5 Å². The van der Waals surface area contributed by atoms with Crippen LogP contribution >= 0.6 is 0 Å². The molecule has 1 aromatic heterocycles. The zero-order valence-electron chi connectivity index (χ0n) is 17.6. The largest absolute Gasteiger partial charge is 0.492 e. The molecule has 1 unspecified atom stereocenters. The van der Waals surface area contributed by atoms with E-state index in [0.717, 1.165) is 16.7 Å². The van der Waals surface area contributed by atoms with Gasteiger partial charge in [-0.05, 0) is 36.1 Å². The van der Waals surface area contributed by atoms with Crippen molar-refractivity contribution in [3.05, 3.63) is 78.0 Å². The molecule has 2 aromatic carbocycles. The molecule has 166 valence electrons. The van der Waals surface area contributed by atoms with Crippen molar-refractivity contribution in [1.82, 2.24) is 15.5 Å². The molecule has 2 atom stereocenters. The lowest BCUT2D eigenvalue weighted by Crippen LogP contribution is -2.41. The number of aromatic hydroxyl groups is 1. The van der Waals surface area contributed by atoms with Gasteiger partial charge in [-0.25, -0.2) is 4.79 Å². The number of amides is 1. The van der Waals surface area contributed by atoms with Gasteiger partial charge in [-0.2, -0.15) is 0 Å². The summed E-state index contributed by atoms with van der Waals surface area (Å²) < 4.78 is 4.87. The number of nitrogens with one attached hydrogen (secondary N) is 1. The molecule has 0 aliphatic carbocycles. The second-order valence-corrected chi connectivity index (χ2v) is 7.22. The number of carbonyl (C=O) groups is 2. The third kappa shape index (κ3) is 6.36. The Labute approximate surface area is 185 Å². The van der Waals surface area contributed by atoms with Crippen molar-refractivity contribution in [2.45, 2.75) is 31.9 Å². The highest BCUT2D eigenvalue weighted by Gasteiger charge is 2.24. The van der Waals surface area contributed by atoms with Crippen LogP contribution in [0.25, 0.3) is 11.1 Å². The Bertz CT molecular complexity index is 1020. The number of hydrogen-bond donors (Lipinski definition) is 3. The first-order valence-electron chi connectivity index (χ1n) is 10.3. The summed E-state index contributed by atoms with van der Waals surface area (Å²) in [6.07, 6.45) is -1.03. The number of nitrogens with zero attached hydrogens (tertiary/aromatic N) is 2. The SMILES string of the molecule is CCOC(=O)[C@H](O)CC(Cc1ccc(-c2ccccc2)cc1)NC(=O)c1ccc(O)nn1. The summed E-state index contributed by atoms with van der Waals surface area (Å²) in [6, 6.07) is 19.8. The second-order valence-electron chi connectivity index (χ2n) is 7.22. The van der Waals surface area contributed by atoms with Gasteiger partial charge in [0.1, 0.15) is 0 Å². The number of aliphatic hydroxyl groups is 1. The van der Waals surface area contributed by atoms with Gasteiger partial charge in [0.15, 0.2) is 11.8 Å². The molecule has 0 saturated carbocycles. The van der Waals surface area contributed by atoms with E-state index >= 15 is 0 Å². The first-order chi connectivity index (χ1) is 15.5. The third-order valence-corrected chi connectivity index (χ3v) is 4.83. The van der Waals surface area contributed by atoms with Crippen molar-refractivity contribution in [3.8, 4) is 17.0 Å². The highest BCUT2D eigenvalue weighted by atomic mass is 16.5. The van der Waals surface area contributed by atoms with E-state index in [1.807, 2.05) is 54.6 Å². The molecule has 0 fully saturated rings. The van der Waals surface area contributed by atoms with Crippen LogP contribution in [0.2, 0.25) is 0 Å². The number of esters is 1. The molecule has 32 heavy (non-hydrogen) atoms. The van der Waals surface area contributed by atoms with Gasteiger partial charge in [0.05, 0.1) is 6.61 Å². The van der Waals surface area contributed by atoms with E-state index in [9.17, 15) is 19.8 Å². The van der Waals surface area contributed by atoms with E-state index in [1.165, 1.54) is 12.1 Å². The summed E-state index contributed by atoms with van der Waals surface area (Å²) in [4.78, 5) is 24.5. The first kappa shape index (κ1) is 22.9. The molecule has 0 saturated heterocycles. The van der Waals surface area contributed by atoms with Crippen LogP contribution in [0.1, 0.15) is 29.4 Å². The minimum Gasteiger partial charge on any atom is -0.492 e. The van der Waals surface area contributed by atoms with Crippen molar-refractivity contribution < 1.29 is 24.5 Å². The Morgan fingerprint density at radius 3 is 2.28 bits per heavy atom.